The minimum absolute atomic E-state index is 0.155. The molecule has 0 amide bonds. The van der Waals surface area contributed by atoms with Gasteiger partial charge < -0.3 is 9.84 Å². The van der Waals surface area contributed by atoms with Crippen LogP contribution in [0.1, 0.15) is 23.5 Å². The van der Waals surface area contributed by atoms with Crippen molar-refractivity contribution in [2.75, 3.05) is 13.7 Å². The van der Waals surface area contributed by atoms with Gasteiger partial charge in [0.15, 0.2) is 0 Å². The normalized spacial score (nSPS) is 15.7. The maximum absolute atomic E-state index is 9.92. The van der Waals surface area contributed by atoms with Crippen LogP contribution in [0.5, 0.6) is 0 Å². The van der Waals surface area contributed by atoms with Crippen LogP contribution in [0, 0.1) is 12.8 Å². The molecule has 2 nitrogen and oxygen atoms in total. The third kappa shape index (κ3) is 2.53. The van der Waals surface area contributed by atoms with E-state index < -0.39 is 0 Å². The highest BCUT2D eigenvalue weighted by Crippen LogP contribution is 2.29. The van der Waals surface area contributed by atoms with E-state index in [0.29, 0.717) is 6.61 Å². The highest BCUT2D eigenvalue weighted by atomic mass is 32.1. The van der Waals surface area contributed by atoms with Gasteiger partial charge in [-0.3, -0.25) is 0 Å². The van der Waals surface area contributed by atoms with E-state index in [1.54, 1.807) is 18.4 Å². The monoisotopic (exact) mass is 200 g/mol. The van der Waals surface area contributed by atoms with Gasteiger partial charge in [0.05, 0.1) is 12.7 Å². The first kappa shape index (κ1) is 10.7. The minimum Gasteiger partial charge on any atom is -0.387 e. The summed E-state index contributed by atoms with van der Waals surface area (Å²) >= 11 is 1.61. The Labute approximate surface area is 83.2 Å². The van der Waals surface area contributed by atoms with Crippen molar-refractivity contribution in [1.82, 2.24) is 0 Å². The lowest BCUT2D eigenvalue weighted by atomic mass is 10.0. The number of thiophene rings is 1. The van der Waals surface area contributed by atoms with E-state index in [0.717, 1.165) is 4.88 Å². The molecule has 3 heteroatoms. The summed E-state index contributed by atoms with van der Waals surface area (Å²) in [5.74, 6) is 0.155. The average molecular weight is 200 g/mol. The molecule has 0 spiro atoms. The molecule has 2 atom stereocenters. The molecule has 0 saturated heterocycles. The molecule has 74 valence electrons. The molecular formula is C10H16O2S. The molecule has 0 aliphatic carbocycles. The summed E-state index contributed by atoms with van der Waals surface area (Å²) < 4.78 is 5.01. The smallest absolute Gasteiger partial charge is 0.0931 e. The largest absolute Gasteiger partial charge is 0.387 e. The number of aliphatic hydroxyl groups excluding tert-OH is 1. The van der Waals surface area contributed by atoms with Crippen LogP contribution in [-0.2, 0) is 4.74 Å². The van der Waals surface area contributed by atoms with Crippen LogP contribution in [0.15, 0.2) is 11.4 Å². The molecule has 0 saturated carbocycles. The van der Waals surface area contributed by atoms with Crippen molar-refractivity contribution < 1.29 is 9.84 Å². The second-order valence-electron chi connectivity index (χ2n) is 3.35. The van der Waals surface area contributed by atoms with Crippen LogP contribution in [0.3, 0.4) is 0 Å². The summed E-state index contributed by atoms with van der Waals surface area (Å²) in [7, 11) is 1.66. The van der Waals surface area contributed by atoms with E-state index in [1.165, 1.54) is 5.56 Å². The molecule has 0 radical (unpaired) electrons. The van der Waals surface area contributed by atoms with Crippen molar-refractivity contribution in [3.63, 3.8) is 0 Å². The van der Waals surface area contributed by atoms with Gasteiger partial charge in [0.2, 0.25) is 0 Å². The highest BCUT2D eigenvalue weighted by molar-refractivity contribution is 7.10. The minimum atomic E-state index is -0.389. The first-order valence-electron chi connectivity index (χ1n) is 4.37. The van der Waals surface area contributed by atoms with E-state index >= 15 is 0 Å². The van der Waals surface area contributed by atoms with Crippen LogP contribution in [0.4, 0.5) is 0 Å². The Morgan fingerprint density at radius 3 is 2.77 bits per heavy atom. The highest BCUT2D eigenvalue weighted by Gasteiger charge is 2.18. The molecular weight excluding hydrogens is 184 g/mol. The Bertz CT molecular complexity index is 257. The van der Waals surface area contributed by atoms with Gasteiger partial charge in [-0.2, -0.15) is 0 Å². The van der Waals surface area contributed by atoms with Gasteiger partial charge in [0.25, 0.3) is 0 Å². The standard InChI is InChI=1S/C10H16O2S/c1-7-4-5-13-10(7)9(11)8(2)6-12-3/h4-5,8-9,11H,6H2,1-3H3. The summed E-state index contributed by atoms with van der Waals surface area (Å²) in [6, 6.07) is 2.03. The SMILES string of the molecule is COCC(C)C(O)c1sccc1C. The third-order valence-electron chi connectivity index (χ3n) is 2.14. The first-order valence-corrected chi connectivity index (χ1v) is 5.25. The number of rotatable bonds is 4. The van der Waals surface area contributed by atoms with Crippen molar-refractivity contribution >= 4 is 11.3 Å². The molecule has 1 rings (SSSR count). The van der Waals surface area contributed by atoms with E-state index in [-0.39, 0.29) is 12.0 Å². The topological polar surface area (TPSA) is 29.5 Å². The first-order chi connectivity index (χ1) is 6.16. The van der Waals surface area contributed by atoms with Crippen LogP contribution in [0.25, 0.3) is 0 Å². The number of methoxy groups -OCH3 is 1. The van der Waals surface area contributed by atoms with Crippen LogP contribution < -0.4 is 0 Å². The fourth-order valence-electron chi connectivity index (χ4n) is 1.30. The van der Waals surface area contributed by atoms with Crippen molar-refractivity contribution in [1.29, 1.82) is 0 Å². The zero-order valence-corrected chi connectivity index (χ0v) is 9.10. The predicted octanol–water partition coefficient (Wildman–Crippen LogP) is 2.37. The van der Waals surface area contributed by atoms with Gasteiger partial charge >= 0.3 is 0 Å². The van der Waals surface area contributed by atoms with Crippen molar-refractivity contribution in [3.05, 3.63) is 21.9 Å². The van der Waals surface area contributed by atoms with E-state index in [9.17, 15) is 5.11 Å². The zero-order chi connectivity index (χ0) is 9.84. The summed E-state index contributed by atoms with van der Waals surface area (Å²) in [5, 5.41) is 11.9. The van der Waals surface area contributed by atoms with E-state index in [1.807, 2.05) is 25.3 Å². The number of hydrogen-bond donors (Lipinski definition) is 1. The number of aliphatic hydroxyl groups is 1. The maximum atomic E-state index is 9.92. The van der Waals surface area contributed by atoms with Gasteiger partial charge in [-0.25, -0.2) is 0 Å². The van der Waals surface area contributed by atoms with E-state index in [2.05, 4.69) is 0 Å². The van der Waals surface area contributed by atoms with Gasteiger partial charge in [-0.05, 0) is 23.9 Å². The van der Waals surface area contributed by atoms with Gasteiger partial charge in [0, 0.05) is 17.9 Å². The Kier molecular flexibility index (Phi) is 3.90. The molecule has 1 N–H and O–H groups in total. The molecule has 0 aliphatic heterocycles. The van der Waals surface area contributed by atoms with Crippen molar-refractivity contribution in [2.45, 2.75) is 20.0 Å². The summed E-state index contributed by atoms with van der Waals surface area (Å²) in [6.45, 7) is 4.61. The molecule has 13 heavy (non-hydrogen) atoms. The van der Waals surface area contributed by atoms with Gasteiger partial charge in [-0.15, -0.1) is 11.3 Å². The molecule has 1 aromatic rings. The van der Waals surface area contributed by atoms with Crippen LogP contribution in [0.2, 0.25) is 0 Å². The third-order valence-corrected chi connectivity index (χ3v) is 3.23. The second kappa shape index (κ2) is 4.74. The quantitative estimate of drug-likeness (QED) is 0.808. The fraction of sp³-hybridized carbons (Fsp3) is 0.600. The number of ether oxygens (including phenoxy) is 1. The maximum Gasteiger partial charge on any atom is 0.0931 e. The Hall–Kier alpha value is -0.380. The van der Waals surface area contributed by atoms with Gasteiger partial charge in [0.1, 0.15) is 0 Å². The predicted molar refractivity (Wildman–Crippen MR) is 55.1 cm³/mol. The number of aryl methyl sites for hydroxylation is 1. The Morgan fingerprint density at radius 1 is 1.62 bits per heavy atom. The molecule has 0 bridgehead atoms. The zero-order valence-electron chi connectivity index (χ0n) is 8.28. The Balaban J connectivity index is 2.67. The van der Waals surface area contributed by atoms with Crippen LogP contribution in [-0.4, -0.2) is 18.8 Å². The lowest BCUT2D eigenvalue weighted by molar-refractivity contribution is 0.0585. The second-order valence-corrected chi connectivity index (χ2v) is 4.29. The molecule has 0 fully saturated rings. The van der Waals surface area contributed by atoms with Gasteiger partial charge in [-0.1, -0.05) is 6.92 Å². The lowest BCUT2D eigenvalue weighted by Crippen LogP contribution is -2.14. The average Bonchev–Trinajstić information content (AvgIpc) is 2.50. The molecule has 0 aromatic carbocycles. The fourth-order valence-corrected chi connectivity index (χ4v) is 2.34. The summed E-state index contributed by atoms with van der Waals surface area (Å²) in [4.78, 5) is 1.06. The number of hydrogen-bond acceptors (Lipinski definition) is 3. The van der Waals surface area contributed by atoms with E-state index in [4.69, 9.17) is 4.74 Å². The summed E-state index contributed by atoms with van der Waals surface area (Å²) in [6.07, 6.45) is -0.389. The summed E-state index contributed by atoms with van der Waals surface area (Å²) in [5.41, 5.74) is 1.17. The van der Waals surface area contributed by atoms with Crippen molar-refractivity contribution in [3.8, 4) is 0 Å². The molecule has 0 aliphatic rings. The lowest BCUT2D eigenvalue weighted by Gasteiger charge is -2.17. The molecule has 1 heterocycles. The molecule has 2 unspecified atom stereocenters. The van der Waals surface area contributed by atoms with Crippen LogP contribution >= 0.6 is 11.3 Å². The Morgan fingerprint density at radius 2 is 2.31 bits per heavy atom. The van der Waals surface area contributed by atoms with Crippen molar-refractivity contribution in [2.24, 2.45) is 5.92 Å². The molecule has 1 aromatic heterocycles.